The standard InChI is InChI=1S/C16H20N2/c1-12(17)13-7-6-8-14(11-13)15-9-4-5-10-16(15)18(2)3/h4-12H,17H2,1-3H3. The molecule has 0 aliphatic carbocycles. The number of anilines is 1. The maximum atomic E-state index is 5.95. The van der Waals surface area contributed by atoms with Crippen LogP contribution in [0.15, 0.2) is 48.5 Å². The number of hydrogen-bond acceptors (Lipinski definition) is 2. The lowest BCUT2D eigenvalue weighted by molar-refractivity contribution is 0.819. The molecule has 1 unspecified atom stereocenters. The average molecular weight is 240 g/mol. The summed E-state index contributed by atoms with van der Waals surface area (Å²) in [5.41, 5.74) is 10.8. The van der Waals surface area contributed by atoms with E-state index >= 15 is 0 Å². The van der Waals surface area contributed by atoms with Crippen LogP contribution in [-0.2, 0) is 0 Å². The Morgan fingerprint density at radius 3 is 2.39 bits per heavy atom. The molecule has 0 saturated carbocycles. The van der Waals surface area contributed by atoms with Gasteiger partial charge in [0.1, 0.15) is 0 Å². The second kappa shape index (κ2) is 5.23. The van der Waals surface area contributed by atoms with Crippen LogP contribution in [0.25, 0.3) is 11.1 Å². The summed E-state index contributed by atoms with van der Waals surface area (Å²) >= 11 is 0. The third kappa shape index (κ3) is 2.54. The Balaban J connectivity index is 2.52. The van der Waals surface area contributed by atoms with E-state index in [1.54, 1.807) is 0 Å². The molecule has 2 rings (SSSR count). The van der Waals surface area contributed by atoms with Crippen molar-refractivity contribution in [1.82, 2.24) is 0 Å². The van der Waals surface area contributed by atoms with Gasteiger partial charge in [-0.1, -0.05) is 36.4 Å². The SMILES string of the molecule is CC(N)c1cccc(-c2ccccc2N(C)C)c1. The van der Waals surface area contributed by atoms with Gasteiger partial charge in [-0.25, -0.2) is 0 Å². The van der Waals surface area contributed by atoms with Crippen molar-refractivity contribution < 1.29 is 0 Å². The summed E-state index contributed by atoms with van der Waals surface area (Å²) in [6, 6.07) is 16.9. The van der Waals surface area contributed by atoms with Gasteiger partial charge in [0.2, 0.25) is 0 Å². The van der Waals surface area contributed by atoms with Gasteiger partial charge < -0.3 is 10.6 Å². The van der Waals surface area contributed by atoms with E-state index in [1.807, 2.05) is 6.92 Å². The van der Waals surface area contributed by atoms with Crippen molar-refractivity contribution in [1.29, 1.82) is 0 Å². The van der Waals surface area contributed by atoms with Crippen molar-refractivity contribution in [2.24, 2.45) is 5.73 Å². The van der Waals surface area contributed by atoms with Crippen molar-refractivity contribution in [3.8, 4) is 11.1 Å². The molecule has 2 heteroatoms. The van der Waals surface area contributed by atoms with Gasteiger partial charge in [-0.05, 0) is 30.2 Å². The Morgan fingerprint density at radius 2 is 1.72 bits per heavy atom. The van der Waals surface area contributed by atoms with Crippen LogP contribution >= 0.6 is 0 Å². The number of nitrogens with zero attached hydrogens (tertiary/aromatic N) is 1. The summed E-state index contributed by atoms with van der Waals surface area (Å²) in [6.45, 7) is 2.01. The molecule has 0 spiro atoms. The van der Waals surface area contributed by atoms with Crippen LogP contribution in [0.1, 0.15) is 18.5 Å². The molecule has 2 N–H and O–H groups in total. The number of hydrogen-bond donors (Lipinski definition) is 1. The predicted octanol–water partition coefficient (Wildman–Crippen LogP) is 3.44. The number of para-hydroxylation sites is 1. The lowest BCUT2D eigenvalue weighted by atomic mass is 9.99. The van der Waals surface area contributed by atoms with Gasteiger partial charge in [0, 0.05) is 31.4 Å². The second-order valence-electron chi connectivity index (χ2n) is 4.83. The highest BCUT2D eigenvalue weighted by Crippen LogP contribution is 2.30. The summed E-state index contributed by atoms with van der Waals surface area (Å²) in [4.78, 5) is 2.13. The van der Waals surface area contributed by atoms with Crippen LogP contribution < -0.4 is 10.6 Å². The quantitative estimate of drug-likeness (QED) is 0.890. The minimum Gasteiger partial charge on any atom is -0.377 e. The molecular formula is C16H20N2. The van der Waals surface area contributed by atoms with Gasteiger partial charge in [0.25, 0.3) is 0 Å². The molecule has 0 amide bonds. The van der Waals surface area contributed by atoms with Crippen molar-refractivity contribution in [3.63, 3.8) is 0 Å². The van der Waals surface area contributed by atoms with E-state index in [0.29, 0.717) is 0 Å². The van der Waals surface area contributed by atoms with E-state index in [0.717, 1.165) is 0 Å². The summed E-state index contributed by atoms with van der Waals surface area (Å²) in [7, 11) is 4.13. The lowest BCUT2D eigenvalue weighted by Crippen LogP contribution is -2.10. The highest BCUT2D eigenvalue weighted by Gasteiger charge is 2.07. The van der Waals surface area contributed by atoms with Crippen LogP contribution in [0.5, 0.6) is 0 Å². The molecular weight excluding hydrogens is 220 g/mol. The van der Waals surface area contributed by atoms with Crippen LogP contribution in [0.2, 0.25) is 0 Å². The summed E-state index contributed by atoms with van der Waals surface area (Å²) in [5.74, 6) is 0. The Morgan fingerprint density at radius 1 is 1.00 bits per heavy atom. The van der Waals surface area contributed by atoms with E-state index in [-0.39, 0.29) is 6.04 Å². The van der Waals surface area contributed by atoms with Crippen molar-refractivity contribution >= 4 is 5.69 Å². The van der Waals surface area contributed by atoms with E-state index < -0.39 is 0 Å². The van der Waals surface area contributed by atoms with E-state index in [9.17, 15) is 0 Å². The third-order valence-corrected chi connectivity index (χ3v) is 3.11. The molecule has 0 aromatic heterocycles. The second-order valence-corrected chi connectivity index (χ2v) is 4.83. The third-order valence-electron chi connectivity index (χ3n) is 3.11. The first kappa shape index (κ1) is 12.7. The molecule has 18 heavy (non-hydrogen) atoms. The zero-order chi connectivity index (χ0) is 13.1. The van der Waals surface area contributed by atoms with Gasteiger partial charge in [-0.15, -0.1) is 0 Å². The van der Waals surface area contributed by atoms with Crippen LogP contribution in [-0.4, -0.2) is 14.1 Å². The van der Waals surface area contributed by atoms with Crippen LogP contribution in [0, 0.1) is 0 Å². The fourth-order valence-corrected chi connectivity index (χ4v) is 2.10. The molecule has 0 radical (unpaired) electrons. The highest BCUT2D eigenvalue weighted by molar-refractivity contribution is 5.78. The Labute approximate surface area is 109 Å². The van der Waals surface area contributed by atoms with E-state index in [1.165, 1.54) is 22.4 Å². The topological polar surface area (TPSA) is 29.3 Å². The Bertz CT molecular complexity index is 530. The fourth-order valence-electron chi connectivity index (χ4n) is 2.10. The first-order valence-electron chi connectivity index (χ1n) is 6.22. The van der Waals surface area contributed by atoms with Gasteiger partial charge in [0.05, 0.1) is 0 Å². The molecule has 0 saturated heterocycles. The molecule has 0 fully saturated rings. The minimum atomic E-state index is 0.0662. The molecule has 2 nitrogen and oxygen atoms in total. The number of benzene rings is 2. The number of rotatable bonds is 3. The zero-order valence-corrected chi connectivity index (χ0v) is 11.2. The smallest absolute Gasteiger partial charge is 0.0440 e. The molecule has 0 aliphatic heterocycles. The Kier molecular flexibility index (Phi) is 3.68. The summed E-state index contributed by atoms with van der Waals surface area (Å²) in [6.07, 6.45) is 0. The first-order valence-corrected chi connectivity index (χ1v) is 6.22. The molecule has 0 bridgehead atoms. The maximum Gasteiger partial charge on any atom is 0.0440 e. The first-order chi connectivity index (χ1) is 8.59. The van der Waals surface area contributed by atoms with Gasteiger partial charge in [-0.3, -0.25) is 0 Å². The van der Waals surface area contributed by atoms with Crippen molar-refractivity contribution in [3.05, 3.63) is 54.1 Å². The lowest BCUT2D eigenvalue weighted by Gasteiger charge is -2.18. The van der Waals surface area contributed by atoms with Crippen LogP contribution in [0.3, 0.4) is 0 Å². The number of nitrogens with two attached hydrogens (primary N) is 1. The molecule has 1 atom stereocenters. The molecule has 0 heterocycles. The highest BCUT2D eigenvalue weighted by atomic mass is 15.1. The normalized spacial score (nSPS) is 12.2. The molecule has 2 aromatic carbocycles. The van der Waals surface area contributed by atoms with Gasteiger partial charge in [-0.2, -0.15) is 0 Å². The van der Waals surface area contributed by atoms with Crippen molar-refractivity contribution in [2.45, 2.75) is 13.0 Å². The van der Waals surface area contributed by atoms with Crippen molar-refractivity contribution in [2.75, 3.05) is 19.0 Å². The zero-order valence-electron chi connectivity index (χ0n) is 11.2. The molecule has 0 aliphatic rings. The summed E-state index contributed by atoms with van der Waals surface area (Å²) in [5, 5.41) is 0. The molecule has 2 aromatic rings. The molecule has 94 valence electrons. The summed E-state index contributed by atoms with van der Waals surface area (Å²) < 4.78 is 0. The van der Waals surface area contributed by atoms with Crippen LogP contribution in [0.4, 0.5) is 5.69 Å². The van der Waals surface area contributed by atoms with E-state index in [2.05, 4.69) is 67.5 Å². The maximum absolute atomic E-state index is 5.95. The van der Waals surface area contributed by atoms with Gasteiger partial charge >= 0.3 is 0 Å². The van der Waals surface area contributed by atoms with Gasteiger partial charge in [0.15, 0.2) is 0 Å². The minimum absolute atomic E-state index is 0.0662. The van der Waals surface area contributed by atoms with E-state index in [4.69, 9.17) is 5.73 Å². The largest absolute Gasteiger partial charge is 0.377 e. The average Bonchev–Trinajstić information content (AvgIpc) is 2.39. The predicted molar refractivity (Wildman–Crippen MR) is 78.8 cm³/mol. The fraction of sp³-hybridized carbons (Fsp3) is 0.250. The monoisotopic (exact) mass is 240 g/mol. The Hall–Kier alpha value is -1.80.